The van der Waals surface area contributed by atoms with Gasteiger partial charge in [-0.15, -0.1) is 0 Å². The summed E-state index contributed by atoms with van der Waals surface area (Å²) < 4.78 is 33.1. The van der Waals surface area contributed by atoms with Gasteiger partial charge in [0, 0.05) is 28.1 Å². The molecule has 15 heteroatoms. The van der Waals surface area contributed by atoms with Crippen LogP contribution in [0.4, 0.5) is 29.7 Å². The molecule has 0 unspecified atom stereocenters. The molecule has 52 heavy (non-hydrogen) atoms. The molecule has 2 fully saturated rings. The van der Waals surface area contributed by atoms with Gasteiger partial charge >= 0.3 is 18.0 Å². The molecule has 6 rings (SSSR count). The summed E-state index contributed by atoms with van der Waals surface area (Å²) in [6.45, 7) is 2.76. The standard InChI is InChI=1S/C20H19FN2O4.C17H15FN4O3/c1-20(2)18(25)22(19(26)23(20)15-7-5-4-6-8-15)12-14-10-9-13(11-16(14)21)17(24)27-3;18-14-8-11(16(24)20-19)6-7-12(14)9-22-15(23)10-21(17(22)25)13-4-2-1-3-5-13/h4-11H,12H2,1-3H3;1-8H,9-10,19H2,(H,20,24). The van der Waals surface area contributed by atoms with Crippen LogP contribution in [0.1, 0.15) is 45.7 Å². The van der Waals surface area contributed by atoms with Crippen LogP contribution in [0, 0.1) is 11.6 Å². The van der Waals surface area contributed by atoms with Crippen molar-refractivity contribution >= 4 is 47.1 Å². The highest BCUT2D eigenvalue weighted by Crippen LogP contribution is 2.34. The van der Waals surface area contributed by atoms with Crippen LogP contribution in [0.5, 0.6) is 0 Å². The molecule has 2 saturated heterocycles. The monoisotopic (exact) mass is 712 g/mol. The van der Waals surface area contributed by atoms with E-state index in [-0.39, 0.29) is 41.9 Å². The zero-order valence-corrected chi connectivity index (χ0v) is 28.3. The zero-order valence-electron chi connectivity index (χ0n) is 28.3. The molecule has 0 saturated carbocycles. The highest BCUT2D eigenvalue weighted by atomic mass is 19.1. The number of nitrogen functional groups attached to an aromatic ring is 1. The first-order valence-electron chi connectivity index (χ1n) is 15.8. The third-order valence-corrected chi connectivity index (χ3v) is 8.47. The second-order valence-electron chi connectivity index (χ2n) is 12.2. The van der Waals surface area contributed by atoms with Crippen molar-refractivity contribution in [3.63, 3.8) is 0 Å². The van der Waals surface area contributed by atoms with E-state index in [1.807, 2.05) is 11.5 Å². The Morgan fingerprint density at radius 3 is 1.81 bits per heavy atom. The molecular weight excluding hydrogens is 678 g/mol. The third kappa shape index (κ3) is 7.34. The second kappa shape index (κ2) is 15.2. The molecule has 4 aromatic carbocycles. The molecule has 0 aliphatic carbocycles. The van der Waals surface area contributed by atoms with Crippen molar-refractivity contribution in [2.24, 2.45) is 5.84 Å². The van der Waals surface area contributed by atoms with E-state index >= 15 is 0 Å². The molecule has 0 spiro atoms. The summed E-state index contributed by atoms with van der Waals surface area (Å²) in [7, 11) is 1.20. The van der Waals surface area contributed by atoms with Crippen LogP contribution in [-0.4, -0.2) is 64.7 Å². The lowest BCUT2D eigenvalue weighted by molar-refractivity contribution is -0.130. The summed E-state index contributed by atoms with van der Waals surface area (Å²) in [6, 6.07) is 24.1. The minimum atomic E-state index is -1.10. The number of benzene rings is 4. The van der Waals surface area contributed by atoms with Crippen molar-refractivity contribution in [1.82, 2.24) is 15.2 Å². The molecule has 0 atom stereocenters. The molecule has 0 radical (unpaired) electrons. The van der Waals surface area contributed by atoms with Gasteiger partial charge in [-0.3, -0.25) is 39.4 Å². The van der Waals surface area contributed by atoms with E-state index in [4.69, 9.17) is 5.84 Å². The van der Waals surface area contributed by atoms with Crippen molar-refractivity contribution < 1.29 is 42.3 Å². The number of hydrogen-bond donors (Lipinski definition) is 2. The SMILES string of the molecule is COC(=O)c1ccc(CN2C(=O)N(c3ccccc3)C(C)(C)C2=O)c(F)c1.NNC(=O)c1ccc(CN2C(=O)CN(c3ccccc3)C2=O)c(F)c1. The van der Waals surface area contributed by atoms with Crippen LogP contribution in [0.15, 0.2) is 97.1 Å². The predicted octanol–water partition coefficient (Wildman–Crippen LogP) is 4.76. The Balaban J connectivity index is 0.000000202. The van der Waals surface area contributed by atoms with Gasteiger partial charge in [-0.1, -0.05) is 48.5 Å². The second-order valence-corrected chi connectivity index (χ2v) is 12.2. The lowest BCUT2D eigenvalue weighted by Gasteiger charge is -2.27. The molecule has 2 aliphatic rings. The van der Waals surface area contributed by atoms with E-state index in [0.29, 0.717) is 11.4 Å². The minimum absolute atomic E-state index is 0.0498. The number of imide groups is 2. The topological polar surface area (TPSA) is 163 Å². The number of rotatable bonds is 8. The Morgan fingerprint density at radius 2 is 1.27 bits per heavy atom. The fourth-order valence-corrected chi connectivity index (χ4v) is 5.69. The van der Waals surface area contributed by atoms with Gasteiger partial charge in [0.1, 0.15) is 23.7 Å². The van der Waals surface area contributed by atoms with E-state index in [0.717, 1.165) is 21.9 Å². The van der Waals surface area contributed by atoms with Gasteiger partial charge in [0.05, 0.1) is 25.8 Å². The number of methoxy groups -OCH3 is 1. The van der Waals surface area contributed by atoms with Crippen molar-refractivity contribution in [3.8, 4) is 0 Å². The lowest BCUT2D eigenvalue weighted by atomic mass is 10.0. The number of amides is 7. The maximum absolute atomic E-state index is 14.4. The fourth-order valence-electron chi connectivity index (χ4n) is 5.69. The maximum Gasteiger partial charge on any atom is 0.337 e. The highest BCUT2D eigenvalue weighted by molar-refractivity contribution is 6.16. The van der Waals surface area contributed by atoms with Crippen molar-refractivity contribution in [2.45, 2.75) is 32.5 Å². The minimum Gasteiger partial charge on any atom is -0.465 e. The summed E-state index contributed by atoms with van der Waals surface area (Å²) in [5, 5.41) is 0. The summed E-state index contributed by atoms with van der Waals surface area (Å²) in [5.74, 6) is 1.49. The molecule has 2 heterocycles. The first-order chi connectivity index (χ1) is 24.8. The van der Waals surface area contributed by atoms with Gasteiger partial charge < -0.3 is 4.74 Å². The number of hydrogen-bond acceptors (Lipinski definition) is 8. The Bertz CT molecular complexity index is 2040. The Hall–Kier alpha value is -6.48. The van der Waals surface area contributed by atoms with Crippen molar-refractivity contribution in [3.05, 3.63) is 131 Å². The normalized spacial score (nSPS) is 15.1. The van der Waals surface area contributed by atoms with Gasteiger partial charge in [-0.05, 0) is 62.4 Å². The molecule has 0 aromatic heterocycles. The Kier molecular flexibility index (Phi) is 10.7. The van der Waals surface area contributed by atoms with Crippen molar-refractivity contribution in [1.29, 1.82) is 0 Å². The van der Waals surface area contributed by atoms with Crippen molar-refractivity contribution in [2.75, 3.05) is 23.5 Å². The van der Waals surface area contributed by atoms with Crippen LogP contribution in [0.3, 0.4) is 0 Å². The third-order valence-electron chi connectivity index (χ3n) is 8.47. The largest absolute Gasteiger partial charge is 0.465 e. The summed E-state index contributed by atoms with van der Waals surface area (Å²) in [4.78, 5) is 78.0. The molecule has 268 valence electrons. The molecule has 0 bridgehead atoms. The zero-order chi connectivity index (χ0) is 37.7. The number of carbonyl (C=O) groups excluding carboxylic acids is 6. The average molecular weight is 713 g/mol. The average Bonchev–Trinajstić information content (AvgIpc) is 3.52. The fraction of sp³-hybridized carbons (Fsp3) is 0.189. The van der Waals surface area contributed by atoms with E-state index in [1.165, 1.54) is 41.2 Å². The van der Waals surface area contributed by atoms with Crippen LogP contribution in [0.25, 0.3) is 0 Å². The summed E-state index contributed by atoms with van der Waals surface area (Å²) in [5.41, 5.74) is 2.37. The van der Waals surface area contributed by atoms with Crippen LogP contribution in [-0.2, 0) is 27.4 Å². The Morgan fingerprint density at radius 1 is 0.750 bits per heavy atom. The first kappa shape index (κ1) is 36.8. The first-order valence-corrected chi connectivity index (χ1v) is 15.8. The number of hydrazine groups is 1. The number of esters is 1. The quantitative estimate of drug-likeness (QED) is 0.0869. The summed E-state index contributed by atoms with van der Waals surface area (Å²) in [6.07, 6.45) is 0. The van der Waals surface area contributed by atoms with E-state index < -0.39 is 52.9 Å². The van der Waals surface area contributed by atoms with E-state index in [1.54, 1.807) is 68.4 Å². The molecule has 13 nitrogen and oxygen atoms in total. The summed E-state index contributed by atoms with van der Waals surface area (Å²) >= 11 is 0. The van der Waals surface area contributed by atoms with E-state index in [9.17, 15) is 37.5 Å². The van der Waals surface area contributed by atoms with Crippen LogP contribution >= 0.6 is 0 Å². The van der Waals surface area contributed by atoms with Crippen LogP contribution in [0.2, 0.25) is 0 Å². The van der Waals surface area contributed by atoms with Gasteiger partial charge in [-0.25, -0.2) is 29.0 Å². The van der Waals surface area contributed by atoms with E-state index in [2.05, 4.69) is 4.74 Å². The number of ether oxygens (including phenoxy) is 1. The molecule has 3 N–H and O–H groups in total. The molecule has 4 aromatic rings. The number of halogens is 2. The Labute approximate surface area is 297 Å². The maximum atomic E-state index is 14.4. The number of nitrogens with two attached hydrogens (primary N) is 1. The number of nitrogens with zero attached hydrogens (tertiary/aromatic N) is 4. The predicted molar refractivity (Wildman–Crippen MR) is 184 cm³/mol. The highest BCUT2D eigenvalue weighted by Gasteiger charge is 2.52. The number of urea groups is 2. The van der Waals surface area contributed by atoms with Gasteiger partial charge in [0.2, 0.25) is 0 Å². The van der Waals surface area contributed by atoms with Gasteiger partial charge in [0.15, 0.2) is 0 Å². The number of anilines is 2. The number of para-hydroxylation sites is 2. The van der Waals surface area contributed by atoms with Crippen LogP contribution < -0.4 is 21.1 Å². The number of nitrogens with one attached hydrogen (secondary N) is 1. The van der Waals surface area contributed by atoms with Gasteiger partial charge in [0.25, 0.3) is 17.7 Å². The molecule has 2 aliphatic heterocycles. The number of carbonyl (C=O) groups is 6. The lowest BCUT2D eigenvalue weighted by Crippen LogP contribution is -2.44. The molecule has 7 amide bonds. The smallest absolute Gasteiger partial charge is 0.337 e. The molecular formula is C37H34F2N6O7. The van der Waals surface area contributed by atoms with Gasteiger partial charge in [-0.2, -0.15) is 0 Å².